The van der Waals surface area contributed by atoms with E-state index in [0.29, 0.717) is 6.42 Å². The molecule has 138 valence electrons. The van der Waals surface area contributed by atoms with Gasteiger partial charge in [0.25, 0.3) is 0 Å². The molecule has 0 spiro atoms. The number of hydrogen-bond acceptors (Lipinski definition) is 2. The van der Waals surface area contributed by atoms with Gasteiger partial charge in [-0.1, -0.05) is 90.9 Å². The third-order valence-corrected chi connectivity index (χ3v) is 4.28. The largest absolute Gasteiger partial charge is 0.289 e. The molecular weight excluding hydrogens is 284 g/mol. The number of nitrogens with one attached hydrogen (secondary N) is 1. The lowest BCUT2D eigenvalue weighted by Crippen LogP contribution is -2.35. The molecule has 3 heteroatoms. The van der Waals surface area contributed by atoms with Gasteiger partial charge in [-0.05, 0) is 12.3 Å². The first kappa shape index (κ1) is 22.4. The van der Waals surface area contributed by atoms with E-state index in [-0.39, 0.29) is 5.91 Å². The Labute approximate surface area is 145 Å². The maximum Gasteiger partial charge on any atom is 0.234 e. The van der Waals surface area contributed by atoms with Gasteiger partial charge in [0, 0.05) is 20.5 Å². The molecule has 0 aliphatic heterocycles. The fraction of sp³-hybridized carbons (Fsp3) is 0.950. The first-order valence-corrected chi connectivity index (χ1v) is 9.99. The predicted molar refractivity (Wildman–Crippen MR) is 101 cm³/mol. The first-order valence-electron chi connectivity index (χ1n) is 9.99. The summed E-state index contributed by atoms with van der Waals surface area (Å²) in [5.41, 5.74) is 2.79. The van der Waals surface area contributed by atoms with Crippen molar-refractivity contribution in [1.29, 1.82) is 0 Å². The second-order valence-corrected chi connectivity index (χ2v) is 7.60. The highest BCUT2D eigenvalue weighted by atomic mass is 16.2. The Hall–Kier alpha value is -0.570. The molecule has 23 heavy (non-hydrogen) atoms. The van der Waals surface area contributed by atoms with Gasteiger partial charge in [0.15, 0.2) is 0 Å². The molecule has 0 aromatic heterocycles. The Morgan fingerprint density at radius 2 is 1.13 bits per heavy atom. The molecule has 0 unspecified atom stereocenters. The van der Waals surface area contributed by atoms with Crippen molar-refractivity contribution >= 4 is 5.91 Å². The summed E-state index contributed by atoms with van der Waals surface area (Å²) in [6, 6.07) is 0. The van der Waals surface area contributed by atoms with E-state index in [1.807, 2.05) is 14.1 Å². The lowest BCUT2D eigenvalue weighted by molar-refractivity contribution is -0.124. The van der Waals surface area contributed by atoms with Crippen LogP contribution in [0.3, 0.4) is 0 Å². The molecule has 0 rings (SSSR count). The van der Waals surface area contributed by atoms with Crippen LogP contribution >= 0.6 is 0 Å². The maximum atomic E-state index is 11.4. The van der Waals surface area contributed by atoms with E-state index in [2.05, 4.69) is 19.3 Å². The topological polar surface area (TPSA) is 32.3 Å². The van der Waals surface area contributed by atoms with E-state index in [1.54, 1.807) is 5.01 Å². The van der Waals surface area contributed by atoms with Crippen LogP contribution in [0, 0.1) is 5.92 Å². The summed E-state index contributed by atoms with van der Waals surface area (Å²) in [6.07, 6.45) is 18.2. The van der Waals surface area contributed by atoms with E-state index in [1.165, 1.54) is 77.0 Å². The second kappa shape index (κ2) is 16.3. The Morgan fingerprint density at radius 3 is 1.52 bits per heavy atom. The molecule has 0 heterocycles. The number of hydrogen-bond donors (Lipinski definition) is 1. The van der Waals surface area contributed by atoms with Crippen molar-refractivity contribution in [2.75, 3.05) is 14.1 Å². The zero-order valence-corrected chi connectivity index (χ0v) is 16.3. The van der Waals surface area contributed by atoms with Crippen LogP contribution in [0.2, 0.25) is 0 Å². The Morgan fingerprint density at radius 1 is 0.739 bits per heavy atom. The molecule has 1 amide bonds. The summed E-state index contributed by atoms with van der Waals surface area (Å²) in [4.78, 5) is 11.4. The average molecular weight is 327 g/mol. The molecule has 0 saturated heterocycles. The Kier molecular flexibility index (Phi) is 15.9. The lowest BCUT2D eigenvalue weighted by Gasteiger charge is -2.11. The number of carbonyl (C=O) groups is 1. The summed E-state index contributed by atoms with van der Waals surface area (Å²) >= 11 is 0. The molecule has 0 atom stereocenters. The summed E-state index contributed by atoms with van der Waals surface area (Å²) in [6.45, 7) is 4.64. The fourth-order valence-corrected chi connectivity index (χ4v) is 2.91. The molecule has 0 aliphatic rings. The predicted octanol–water partition coefficient (Wildman–Crippen LogP) is 5.70. The highest BCUT2D eigenvalue weighted by Crippen LogP contribution is 2.14. The number of hydrazine groups is 1. The third-order valence-electron chi connectivity index (χ3n) is 4.28. The number of carbonyl (C=O) groups excluding carboxylic acids is 1. The van der Waals surface area contributed by atoms with Crippen molar-refractivity contribution in [1.82, 2.24) is 10.4 Å². The van der Waals surface area contributed by atoms with Gasteiger partial charge in [-0.2, -0.15) is 0 Å². The lowest BCUT2D eigenvalue weighted by atomic mass is 10.0. The number of amides is 1. The molecule has 0 aliphatic carbocycles. The van der Waals surface area contributed by atoms with Gasteiger partial charge in [0.05, 0.1) is 0 Å². The molecule has 0 aromatic carbocycles. The average Bonchev–Trinajstić information content (AvgIpc) is 2.46. The molecule has 1 N–H and O–H groups in total. The minimum atomic E-state index is 0.142. The fourth-order valence-electron chi connectivity index (χ4n) is 2.91. The number of nitrogens with zero attached hydrogens (tertiary/aromatic N) is 1. The molecule has 0 fully saturated rings. The van der Waals surface area contributed by atoms with Crippen molar-refractivity contribution in [3.05, 3.63) is 0 Å². The quantitative estimate of drug-likeness (QED) is 0.291. The van der Waals surface area contributed by atoms with E-state index in [9.17, 15) is 4.79 Å². The molecule has 0 saturated carbocycles. The van der Waals surface area contributed by atoms with E-state index in [4.69, 9.17) is 0 Å². The van der Waals surface area contributed by atoms with Crippen LogP contribution in [0.15, 0.2) is 0 Å². The molecular formula is C20H42N2O. The van der Waals surface area contributed by atoms with Crippen molar-refractivity contribution in [2.24, 2.45) is 5.92 Å². The number of unbranched alkanes of at least 4 members (excludes halogenated alkanes) is 11. The Balaban J connectivity index is 3.09. The van der Waals surface area contributed by atoms with E-state index < -0.39 is 0 Å². The van der Waals surface area contributed by atoms with Crippen molar-refractivity contribution in [2.45, 2.75) is 104 Å². The smallest absolute Gasteiger partial charge is 0.234 e. The number of rotatable bonds is 16. The highest BCUT2D eigenvalue weighted by Gasteiger charge is 2.01. The minimum Gasteiger partial charge on any atom is -0.289 e. The van der Waals surface area contributed by atoms with Crippen LogP contribution in [0.1, 0.15) is 104 Å². The van der Waals surface area contributed by atoms with Crippen LogP contribution in [0.5, 0.6) is 0 Å². The monoisotopic (exact) mass is 326 g/mol. The van der Waals surface area contributed by atoms with Crippen molar-refractivity contribution in [3.63, 3.8) is 0 Å². The summed E-state index contributed by atoms with van der Waals surface area (Å²) in [5.74, 6) is 1.01. The van der Waals surface area contributed by atoms with Crippen LogP contribution in [-0.2, 0) is 4.79 Å². The molecule has 0 aromatic rings. The summed E-state index contributed by atoms with van der Waals surface area (Å²) < 4.78 is 0. The minimum absolute atomic E-state index is 0.142. The standard InChI is InChI=1S/C20H42N2O/c1-19(2)17-15-13-11-9-7-5-6-8-10-12-14-16-18-20(23)21-22(3)4/h19H,5-18H2,1-4H3,(H,21,23). The van der Waals surface area contributed by atoms with Crippen LogP contribution in [-0.4, -0.2) is 25.0 Å². The van der Waals surface area contributed by atoms with E-state index >= 15 is 0 Å². The van der Waals surface area contributed by atoms with Gasteiger partial charge in [-0.15, -0.1) is 0 Å². The van der Waals surface area contributed by atoms with Gasteiger partial charge in [-0.3, -0.25) is 10.2 Å². The molecule has 0 bridgehead atoms. The Bertz CT molecular complexity index is 264. The van der Waals surface area contributed by atoms with Crippen LogP contribution in [0.4, 0.5) is 0 Å². The summed E-state index contributed by atoms with van der Waals surface area (Å²) in [5, 5.41) is 1.71. The normalized spacial score (nSPS) is 11.4. The van der Waals surface area contributed by atoms with Gasteiger partial charge < -0.3 is 0 Å². The summed E-state index contributed by atoms with van der Waals surface area (Å²) in [7, 11) is 3.70. The second-order valence-electron chi connectivity index (χ2n) is 7.60. The third kappa shape index (κ3) is 19.4. The zero-order valence-electron chi connectivity index (χ0n) is 16.3. The van der Waals surface area contributed by atoms with Gasteiger partial charge in [-0.25, -0.2) is 5.01 Å². The first-order chi connectivity index (χ1) is 11.0. The van der Waals surface area contributed by atoms with Gasteiger partial charge in [0.1, 0.15) is 0 Å². The van der Waals surface area contributed by atoms with Crippen molar-refractivity contribution < 1.29 is 4.79 Å². The van der Waals surface area contributed by atoms with Gasteiger partial charge in [0.2, 0.25) is 5.91 Å². The van der Waals surface area contributed by atoms with Crippen molar-refractivity contribution in [3.8, 4) is 0 Å². The maximum absolute atomic E-state index is 11.4. The van der Waals surface area contributed by atoms with Crippen LogP contribution < -0.4 is 5.43 Å². The zero-order chi connectivity index (χ0) is 17.3. The van der Waals surface area contributed by atoms with Crippen LogP contribution in [0.25, 0.3) is 0 Å². The van der Waals surface area contributed by atoms with E-state index in [0.717, 1.165) is 12.3 Å². The molecule has 0 radical (unpaired) electrons. The molecule has 3 nitrogen and oxygen atoms in total. The highest BCUT2D eigenvalue weighted by molar-refractivity contribution is 5.75. The van der Waals surface area contributed by atoms with Gasteiger partial charge >= 0.3 is 0 Å². The SMILES string of the molecule is CC(C)CCCCCCCCCCCCCCC(=O)NN(C)C.